The fourth-order valence-corrected chi connectivity index (χ4v) is 4.35. The number of carboxylic acids is 1. The van der Waals surface area contributed by atoms with Gasteiger partial charge in [0, 0.05) is 29.0 Å². The number of nitrogens with one attached hydrogen (secondary N) is 2. The van der Waals surface area contributed by atoms with Crippen LogP contribution in [0.5, 0.6) is 23.0 Å². The van der Waals surface area contributed by atoms with Crippen LogP contribution in [0.15, 0.2) is 66.9 Å². The number of carbonyl (C=O) groups is 3. The Morgan fingerprint density at radius 2 is 1.60 bits per heavy atom. The van der Waals surface area contributed by atoms with E-state index in [1.165, 1.54) is 43.6 Å². The molecule has 0 aliphatic heterocycles. The van der Waals surface area contributed by atoms with Crippen molar-refractivity contribution in [2.45, 2.75) is 12.8 Å². The van der Waals surface area contributed by atoms with Gasteiger partial charge >= 0.3 is 43.7 Å². The van der Waals surface area contributed by atoms with Crippen LogP contribution in [0.1, 0.15) is 12.8 Å². The fourth-order valence-electron chi connectivity index (χ4n) is 4.13. The number of halogens is 2. The number of hydrogen-bond acceptors (Lipinski definition) is 7. The number of fused-ring (bicyclic) bond motifs is 1. The van der Waals surface area contributed by atoms with Crippen molar-refractivity contribution >= 4 is 89.4 Å². The third-order valence-corrected chi connectivity index (χ3v) is 6.76. The monoisotopic (exact) mass is 621 g/mol. The number of carboxylic acid groups (broad SMARTS) is 1. The number of ether oxygens (including phenoxy) is 3. The number of nitrogens with zero attached hydrogens (tertiary/aromatic N) is 1. The Hall–Kier alpha value is -3.64. The van der Waals surface area contributed by atoms with Crippen LogP contribution >= 0.6 is 11.6 Å². The quantitative estimate of drug-likeness (QED) is 0.171. The average molecular weight is 622 g/mol. The summed E-state index contributed by atoms with van der Waals surface area (Å²) in [7, 11) is 1.42. The van der Waals surface area contributed by atoms with Gasteiger partial charge in [0.15, 0.2) is 18.1 Å². The van der Waals surface area contributed by atoms with E-state index in [9.17, 15) is 18.8 Å². The molecule has 1 heterocycles. The molecule has 1 saturated carbocycles. The van der Waals surface area contributed by atoms with Crippen LogP contribution in [-0.4, -0.2) is 79.3 Å². The Morgan fingerprint density at radius 1 is 0.929 bits per heavy atom. The summed E-state index contributed by atoms with van der Waals surface area (Å²) in [5, 5.41) is 15.1. The number of rotatable bonds is 10. The van der Waals surface area contributed by atoms with Crippen LogP contribution in [0.3, 0.4) is 0 Å². The third-order valence-electron chi connectivity index (χ3n) is 6.47. The van der Waals surface area contributed by atoms with Gasteiger partial charge in [0.05, 0.1) is 17.6 Å². The molecule has 1 aliphatic rings. The van der Waals surface area contributed by atoms with E-state index in [4.69, 9.17) is 30.9 Å². The van der Waals surface area contributed by atoms with E-state index in [1.54, 1.807) is 30.3 Å². The summed E-state index contributed by atoms with van der Waals surface area (Å²) in [4.78, 5) is 41.0. The Kier molecular flexibility index (Phi) is 9.78. The van der Waals surface area contributed by atoms with E-state index in [0.29, 0.717) is 46.6 Å². The summed E-state index contributed by atoms with van der Waals surface area (Å²) < 4.78 is 29.8. The summed E-state index contributed by atoms with van der Waals surface area (Å²) in [5.74, 6) is -1.32. The number of hydrogen-bond donors (Lipinski definition) is 3. The number of pyridine rings is 1. The maximum absolute atomic E-state index is 13.2. The molecule has 3 aromatic carbocycles. The molecule has 0 bridgehead atoms. The molecule has 0 spiro atoms. The van der Waals surface area contributed by atoms with Crippen LogP contribution in [0.25, 0.3) is 10.9 Å². The topological polar surface area (TPSA) is 136 Å². The summed E-state index contributed by atoms with van der Waals surface area (Å²) in [6.45, 7) is -0.545. The van der Waals surface area contributed by atoms with Crippen LogP contribution in [-0.2, 0) is 14.4 Å². The molecule has 4 aromatic rings. The second kappa shape index (κ2) is 13.1. The summed E-state index contributed by atoms with van der Waals surface area (Å²) in [6.07, 6.45) is 2.27. The molecule has 1 aliphatic carbocycles. The number of carbonyl (C=O) groups excluding carboxylic acids is 2. The van der Waals surface area contributed by atoms with Crippen molar-refractivity contribution in [2.24, 2.45) is 5.41 Å². The van der Waals surface area contributed by atoms with Gasteiger partial charge in [-0.1, -0.05) is 11.6 Å². The van der Waals surface area contributed by atoms with Gasteiger partial charge in [-0.25, -0.2) is 9.18 Å². The Morgan fingerprint density at radius 3 is 2.21 bits per heavy atom. The number of anilines is 2. The molecule has 3 N–H and O–H groups in total. The van der Waals surface area contributed by atoms with Crippen LogP contribution < -0.4 is 24.8 Å². The van der Waals surface area contributed by atoms with Gasteiger partial charge in [0.1, 0.15) is 22.7 Å². The van der Waals surface area contributed by atoms with Gasteiger partial charge in [-0.2, -0.15) is 0 Å². The van der Waals surface area contributed by atoms with Crippen molar-refractivity contribution in [3.05, 3.63) is 77.7 Å². The van der Waals surface area contributed by atoms with Gasteiger partial charge in [0.2, 0.25) is 11.8 Å². The molecule has 214 valence electrons. The molecule has 0 radical (unpaired) electrons. The summed E-state index contributed by atoms with van der Waals surface area (Å²) in [6, 6.07) is 14.8. The Bertz CT molecular complexity index is 1670. The minimum atomic E-state index is -1.22. The van der Waals surface area contributed by atoms with Crippen molar-refractivity contribution < 1.29 is 38.1 Å². The Labute approximate surface area is 274 Å². The van der Waals surface area contributed by atoms with Crippen molar-refractivity contribution in [3.8, 4) is 23.0 Å². The molecular weight excluding hydrogens is 597 g/mol. The first-order valence-electron chi connectivity index (χ1n) is 12.4. The van der Waals surface area contributed by atoms with Gasteiger partial charge in [-0.3, -0.25) is 14.6 Å². The minimum absolute atomic E-state index is 0. The standard InChI is InChI=1S/C29H23ClFN3O7.Ca.2H/c1-39-24-13-19-21(14-25(24)40-15-26(35)36)32-11-8-22(19)41-23-7-6-18(12-20(23)30)34-28(38)29(9-10-29)27(37)33-17-4-2-16(31)3-5-17;;;/h2-8,11-14H,9-10,15H2,1H3,(H,33,37)(H,34,38)(H,35,36);;;. The SMILES string of the molecule is COc1cc2c(Oc3ccc(NC(=O)C4(C(=O)Nc5ccc(F)cc5)CC4)cc3Cl)ccnc2cc1OCC(=O)O.[CaH2]. The molecule has 42 heavy (non-hydrogen) atoms. The van der Waals surface area contributed by atoms with Crippen molar-refractivity contribution in [2.75, 3.05) is 24.4 Å². The zero-order valence-electron chi connectivity index (χ0n) is 21.6. The van der Waals surface area contributed by atoms with Gasteiger partial charge in [-0.05, 0) is 67.4 Å². The van der Waals surface area contributed by atoms with E-state index in [1.807, 2.05) is 0 Å². The molecule has 1 fully saturated rings. The molecule has 0 unspecified atom stereocenters. The van der Waals surface area contributed by atoms with Crippen molar-refractivity contribution in [3.63, 3.8) is 0 Å². The van der Waals surface area contributed by atoms with Crippen molar-refractivity contribution in [1.29, 1.82) is 0 Å². The summed E-state index contributed by atoms with van der Waals surface area (Å²) in [5.41, 5.74) is 0.00949. The number of benzene rings is 3. The molecule has 2 amide bonds. The third kappa shape index (κ3) is 6.87. The van der Waals surface area contributed by atoms with Crippen LogP contribution in [0.4, 0.5) is 15.8 Å². The molecule has 0 atom stereocenters. The zero-order valence-corrected chi connectivity index (χ0v) is 22.3. The van der Waals surface area contributed by atoms with E-state index >= 15 is 0 Å². The number of methoxy groups -OCH3 is 1. The van der Waals surface area contributed by atoms with E-state index < -0.39 is 35.6 Å². The van der Waals surface area contributed by atoms with Crippen LogP contribution in [0, 0.1) is 11.2 Å². The predicted octanol–water partition coefficient (Wildman–Crippen LogP) is 4.73. The molecular formula is C29H25CaClFN3O7. The normalized spacial score (nSPS) is 12.9. The van der Waals surface area contributed by atoms with E-state index in [-0.39, 0.29) is 54.3 Å². The second-order valence-corrected chi connectivity index (χ2v) is 9.66. The summed E-state index contributed by atoms with van der Waals surface area (Å²) >= 11 is 6.48. The number of aliphatic carboxylic acids is 1. The number of amides is 2. The van der Waals surface area contributed by atoms with Gasteiger partial charge in [-0.15, -0.1) is 0 Å². The first kappa shape index (κ1) is 31.3. The van der Waals surface area contributed by atoms with Crippen molar-refractivity contribution in [1.82, 2.24) is 4.98 Å². The van der Waals surface area contributed by atoms with E-state index in [0.717, 1.165) is 0 Å². The first-order chi connectivity index (χ1) is 19.7. The van der Waals surface area contributed by atoms with E-state index in [2.05, 4.69) is 15.6 Å². The molecule has 1 aromatic heterocycles. The van der Waals surface area contributed by atoms with Gasteiger partial charge < -0.3 is 30.0 Å². The number of aromatic nitrogens is 1. The average Bonchev–Trinajstić information content (AvgIpc) is 3.77. The molecule has 13 heteroatoms. The molecule has 0 saturated heterocycles. The predicted molar refractivity (Wildman–Crippen MR) is 157 cm³/mol. The molecule has 10 nitrogen and oxygen atoms in total. The van der Waals surface area contributed by atoms with Gasteiger partial charge in [0.25, 0.3) is 0 Å². The zero-order chi connectivity index (χ0) is 29.1. The first-order valence-corrected chi connectivity index (χ1v) is 12.7. The molecule has 5 rings (SSSR count). The van der Waals surface area contributed by atoms with Crippen LogP contribution in [0.2, 0.25) is 5.02 Å². The maximum atomic E-state index is 13.2. The fraction of sp³-hybridized carbons (Fsp3) is 0.172. The second-order valence-electron chi connectivity index (χ2n) is 9.26. The Balaban J connectivity index is 0.00000405.